The minimum atomic E-state index is -0.0480. The fourth-order valence-corrected chi connectivity index (χ4v) is 6.68. The predicted molar refractivity (Wildman–Crippen MR) is 98.0 cm³/mol. The van der Waals surface area contributed by atoms with Gasteiger partial charge in [0, 0.05) is 4.47 Å². The molecule has 2 N–H and O–H groups in total. The van der Waals surface area contributed by atoms with Crippen LogP contribution in [-0.2, 0) is 4.79 Å². The first-order chi connectivity index (χ1) is 11.5. The fourth-order valence-electron chi connectivity index (χ4n) is 6.26. The number of benzene rings is 1. The number of piperidine rings is 2. The molecule has 0 radical (unpaired) electrons. The molecular weight excluding hydrogens is 364 g/mol. The van der Waals surface area contributed by atoms with Crippen molar-refractivity contribution in [1.29, 1.82) is 0 Å². The molecule has 0 aromatic heterocycles. The summed E-state index contributed by atoms with van der Waals surface area (Å²) >= 11 is 3.64. The lowest BCUT2D eigenvalue weighted by atomic mass is 9.57. The molecule has 0 atom stereocenters. The molecule has 0 saturated carbocycles. The van der Waals surface area contributed by atoms with Gasteiger partial charge in [-0.3, -0.25) is 14.6 Å². The van der Waals surface area contributed by atoms with E-state index in [2.05, 4.69) is 54.0 Å². The zero-order chi connectivity index (χ0) is 16.9. The van der Waals surface area contributed by atoms with Crippen LogP contribution in [-0.4, -0.2) is 32.0 Å². The van der Waals surface area contributed by atoms with Crippen LogP contribution in [0.15, 0.2) is 28.7 Å². The van der Waals surface area contributed by atoms with Crippen LogP contribution in [0.2, 0.25) is 0 Å². The molecule has 4 heteroatoms. The summed E-state index contributed by atoms with van der Waals surface area (Å²) in [5.41, 5.74) is 1.33. The summed E-state index contributed by atoms with van der Waals surface area (Å²) in [6, 6.07) is 8.82. The molecule has 4 fully saturated rings. The molecule has 3 nitrogen and oxygen atoms in total. The Morgan fingerprint density at radius 2 is 1.58 bits per heavy atom. The lowest BCUT2D eigenvalue weighted by Gasteiger charge is -2.60. The van der Waals surface area contributed by atoms with Crippen molar-refractivity contribution in [2.24, 2.45) is 10.8 Å². The van der Waals surface area contributed by atoms with Gasteiger partial charge in [-0.25, -0.2) is 0 Å². The Kier molecular flexibility index (Phi) is 4.13. The molecule has 5 rings (SSSR count). The van der Waals surface area contributed by atoms with Crippen molar-refractivity contribution in [2.75, 3.05) is 26.2 Å². The zero-order valence-electron chi connectivity index (χ0n) is 14.8. The molecule has 0 amide bonds. The van der Waals surface area contributed by atoms with Crippen molar-refractivity contribution >= 4 is 21.7 Å². The van der Waals surface area contributed by atoms with Crippen LogP contribution < -0.4 is 9.80 Å². The number of carbonyl (C=O) groups is 1. The summed E-state index contributed by atoms with van der Waals surface area (Å²) in [5.74, 6) is 0.624. The normalized spacial score (nSPS) is 40.3. The molecule has 0 aliphatic carbocycles. The van der Waals surface area contributed by atoms with E-state index in [-0.39, 0.29) is 10.8 Å². The molecule has 0 spiro atoms. The molecule has 0 unspecified atom stereocenters. The van der Waals surface area contributed by atoms with Gasteiger partial charge in [0.2, 0.25) is 6.17 Å². The highest BCUT2D eigenvalue weighted by atomic mass is 79.9. The molecule has 1 aromatic carbocycles. The van der Waals surface area contributed by atoms with Gasteiger partial charge in [0.25, 0.3) is 0 Å². The van der Waals surface area contributed by atoms with Crippen LogP contribution in [0.5, 0.6) is 0 Å². The van der Waals surface area contributed by atoms with Crippen LogP contribution >= 0.6 is 15.9 Å². The van der Waals surface area contributed by atoms with Gasteiger partial charge in [-0.2, -0.15) is 0 Å². The fraction of sp³-hybridized carbons (Fsp3) is 0.650. The van der Waals surface area contributed by atoms with E-state index < -0.39 is 0 Å². The average Bonchev–Trinajstić information content (AvgIpc) is 2.52. The second-order valence-electron chi connectivity index (χ2n) is 8.40. The Labute approximate surface area is 153 Å². The summed E-state index contributed by atoms with van der Waals surface area (Å²) in [6.07, 6.45) is 4.91. The maximum Gasteiger partial charge on any atom is 0.240 e. The topological polar surface area (TPSA) is 26.0 Å². The number of nitrogens with one attached hydrogen (secondary N) is 2. The first-order valence-corrected chi connectivity index (χ1v) is 10.3. The van der Waals surface area contributed by atoms with Gasteiger partial charge in [0.05, 0.1) is 5.56 Å². The van der Waals surface area contributed by atoms with Crippen LogP contribution in [0.1, 0.15) is 51.3 Å². The maximum atomic E-state index is 13.5. The molecule has 4 saturated heterocycles. The van der Waals surface area contributed by atoms with Gasteiger partial charge in [0.1, 0.15) is 37.0 Å². The Balaban J connectivity index is 1.73. The van der Waals surface area contributed by atoms with Crippen LogP contribution in [0.3, 0.4) is 0 Å². The first kappa shape index (κ1) is 16.7. The molecule has 4 aliphatic rings. The maximum absolute atomic E-state index is 13.5. The number of Topliss-reactive ketones (excluding diaryl/α,β-unsaturated/α-hetero) is 1. The monoisotopic (exact) mass is 392 g/mol. The number of rotatable bonds is 5. The second-order valence-corrected chi connectivity index (χ2v) is 9.32. The van der Waals surface area contributed by atoms with E-state index in [4.69, 9.17) is 0 Å². The quantitative estimate of drug-likeness (QED) is 0.777. The van der Waals surface area contributed by atoms with Gasteiger partial charge in [-0.05, 0) is 31.0 Å². The van der Waals surface area contributed by atoms with Crippen LogP contribution in [0, 0.1) is 10.8 Å². The summed E-state index contributed by atoms with van der Waals surface area (Å²) in [5, 5.41) is 0. The zero-order valence-corrected chi connectivity index (χ0v) is 16.4. The summed E-state index contributed by atoms with van der Waals surface area (Å²) in [7, 11) is 0. The Morgan fingerprint density at radius 1 is 1.04 bits per heavy atom. The third-order valence-electron chi connectivity index (χ3n) is 6.68. The van der Waals surface area contributed by atoms with E-state index in [1.165, 1.54) is 5.56 Å². The smallest absolute Gasteiger partial charge is 0.240 e. The van der Waals surface area contributed by atoms with Gasteiger partial charge < -0.3 is 0 Å². The van der Waals surface area contributed by atoms with E-state index in [1.54, 1.807) is 9.80 Å². The van der Waals surface area contributed by atoms with Gasteiger partial charge in [0.15, 0.2) is 5.78 Å². The van der Waals surface area contributed by atoms with Crippen molar-refractivity contribution in [3.63, 3.8) is 0 Å². The van der Waals surface area contributed by atoms with Crippen molar-refractivity contribution in [1.82, 2.24) is 0 Å². The number of hydrogen-bond donors (Lipinski definition) is 2. The highest BCUT2D eigenvalue weighted by molar-refractivity contribution is 9.10. The van der Waals surface area contributed by atoms with Gasteiger partial charge in [-0.15, -0.1) is 0 Å². The van der Waals surface area contributed by atoms with E-state index in [0.29, 0.717) is 11.9 Å². The number of quaternary nitrogens is 2. The van der Waals surface area contributed by atoms with Crippen molar-refractivity contribution in [3.05, 3.63) is 34.3 Å². The highest BCUT2D eigenvalue weighted by Crippen LogP contribution is 2.42. The molecule has 1 aromatic rings. The molecule has 130 valence electrons. The number of carbonyl (C=O) groups excluding carboxylic acids is 1. The highest BCUT2D eigenvalue weighted by Gasteiger charge is 2.70. The molecule has 4 bridgehead atoms. The first-order valence-electron chi connectivity index (χ1n) is 9.53. The third kappa shape index (κ3) is 2.33. The lowest BCUT2D eigenvalue weighted by Crippen LogP contribution is -3.41. The second kappa shape index (κ2) is 5.93. The predicted octanol–water partition coefficient (Wildman–Crippen LogP) is 1.40. The van der Waals surface area contributed by atoms with Crippen molar-refractivity contribution in [3.8, 4) is 0 Å². The Bertz CT molecular complexity index is 615. The standard InChI is InChI=1S/C20H27BrN2O/c1-3-8-19-11-22-13-20(9-4-2,18(19)24)14-23(12-19)17(22)15-6-5-7-16(21)10-15/h5-7,10,17H,3-4,8-9,11-14H2,1-2H3/p+2. The molecular formula is C20H29BrN2O+2. The van der Waals surface area contributed by atoms with E-state index >= 15 is 0 Å². The van der Waals surface area contributed by atoms with Crippen LogP contribution in [0.25, 0.3) is 0 Å². The number of ketones is 1. The number of halogens is 1. The Hall–Kier alpha value is -0.710. The van der Waals surface area contributed by atoms with E-state index in [0.717, 1.165) is 56.3 Å². The summed E-state index contributed by atoms with van der Waals surface area (Å²) in [6.45, 7) is 8.66. The van der Waals surface area contributed by atoms with Gasteiger partial charge in [-0.1, -0.05) is 48.7 Å². The van der Waals surface area contributed by atoms with E-state index in [1.807, 2.05) is 0 Å². The average molecular weight is 393 g/mol. The number of hydrogen-bond acceptors (Lipinski definition) is 1. The van der Waals surface area contributed by atoms with Gasteiger partial charge >= 0.3 is 0 Å². The Morgan fingerprint density at radius 3 is 2.04 bits per heavy atom. The lowest BCUT2D eigenvalue weighted by molar-refractivity contribution is -1.18. The molecule has 24 heavy (non-hydrogen) atoms. The van der Waals surface area contributed by atoms with Crippen molar-refractivity contribution < 1.29 is 14.6 Å². The largest absolute Gasteiger partial charge is 0.297 e. The van der Waals surface area contributed by atoms with Crippen LogP contribution in [0.4, 0.5) is 0 Å². The minimum absolute atomic E-state index is 0.0480. The molecule has 4 heterocycles. The SMILES string of the molecule is CCCC12C[NH+]3CC(CCC)(C[NH+](C1)C3c1cccc(Br)c1)C2=O. The summed E-state index contributed by atoms with van der Waals surface area (Å²) in [4.78, 5) is 16.8. The minimum Gasteiger partial charge on any atom is -0.297 e. The molecule has 4 aliphatic heterocycles. The summed E-state index contributed by atoms with van der Waals surface area (Å²) < 4.78 is 1.16. The third-order valence-corrected chi connectivity index (χ3v) is 7.17. The van der Waals surface area contributed by atoms with E-state index in [9.17, 15) is 4.79 Å². The van der Waals surface area contributed by atoms with Crippen molar-refractivity contribution in [2.45, 2.75) is 45.7 Å².